The van der Waals surface area contributed by atoms with Crippen LogP contribution in [0.1, 0.15) is 23.0 Å². The van der Waals surface area contributed by atoms with E-state index in [1.165, 1.54) is 24.3 Å². The standard InChI is InChI=1S/C17H13ClN2O5/c1-2-20-15(21)13(19-17(20)24)8-10-4-6-14(25-10)11-7-9(16(22)23)3-5-12(11)18/h3-8H,2H2,1H3,(H,19,24)(H,22,23)/p-1. The minimum Gasteiger partial charge on any atom is -0.545 e. The Bertz CT molecular complexity index is 916. The van der Waals surface area contributed by atoms with Crippen LogP contribution in [0.5, 0.6) is 0 Å². The number of halogens is 1. The number of likely N-dealkylation sites (N-methyl/N-ethyl adjacent to an activating group) is 1. The molecule has 3 amide bonds. The normalized spacial score (nSPS) is 15.8. The van der Waals surface area contributed by atoms with Gasteiger partial charge in [-0.2, -0.15) is 0 Å². The van der Waals surface area contributed by atoms with Crippen LogP contribution >= 0.6 is 11.6 Å². The number of imide groups is 1. The molecule has 2 aromatic rings. The van der Waals surface area contributed by atoms with Crippen LogP contribution in [-0.2, 0) is 4.79 Å². The topological polar surface area (TPSA) is 103 Å². The fraction of sp³-hybridized carbons (Fsp3) is 0.118. The molecule has 0 bridgehead atoms. The molecule has 128 valence electrons. The first kappa shape index (κ1) is 16.8. The summed E-state index contributed by atoms with van der Waals surface area (Å²) >= 11 is 6.09. The summed E-state index contributed by atoms with van der Waals surface area (Å²) in [6.45, 7) is 1.95. The van der Waals surface area contributed by atoms with Gasteiger partial charge in [0.2, 0.25) is 0 Å². The van der Waals surface area contributed by atoms with Gasteiger partial charge in [0, 0.05) is 18.2 Å². The molecule has 2 heterocycles. The number of furan rings is 1. The molecule has 0 radical (unpaired) electrons. The Labute approximate surface area is 147 Å². The van der Waals surface area contributed by atoms with Crippen molar-refractivity contribution < 1.29 is 23.9 Å². The van der Waals surface area contributed by atoms with E-state index < -0.39 is 17.9 Å². The molecule has 1 fully saturated rings. The minimum absolute atomic E-state index is 0.0347. The van der Waals surface area contributed by atoms with Gasteiger partial charge < -0.3 is 19.6 Å². The number of aromatic carboxylic acids is 1. The van der Waals surface area contributed by atoms with Crippen LogP contribution in [0.25, 0.3) is 17.4 Å². The predicted molar refractivity (Wildman–Crippen MR) is 87.4 cm³/mol. The molecule has 25 heavy (non-hydrogen) atoms. The zero-order chi connectivity index (χ0) is 18.1. The molecule has 0 aliphatic carbocycles. The van der Waals surface area contributed by atoms with Crippen molar-refractivity contribution in [1.82, 2.24) is 10.2 Å². The number of urea groups is 1. The summed E-state index contributed by atoms with van der Waals surface area (Å²) < 4.78 is 5.60. The van der Waals surface area contributed by atoms with Crippen molar-refractivity contribution in [2.45, 2.75) is 6.92 Å². The summed E-state index contributed by atoms with van der Waals surface area (Å²) in [6.07, 6.45) is 1.40. The van der Waals surface area contributed by atoms with Crippen molar-refractivity contribution in [3.8, 4) is 11.3 Å². The number of benzene rings is 1. The molecule has 0 atom stereocenters. The van der Waals surface area contributed by atoms with Crippen LogP contribution in [0.3, 0.4) is 0 Å². The van der Waals surface area contributed by atoms with Crippen molar-refractivity contribution in [1.29, 1.82) is 0 Å². The number of carboxylic acid groups (broad SMARTS) is 1. The van der Waals surface area contributed by atoms with Gasteiger partial charge in [-0.25, -0.2) is 4.79 Å². The third-order valence-electron chi connectivity index (χ3n) is 3.66. The number of carbonyl (C=O) groups excluding carboxylic acids is 3. The zero-order valence-corrected chi connectivity index (χ0v) is 13.8. The van der Waals surface area contributed by atoms with Crippen LogP contribution < -0.4 is 10.4 Å². The molecule has 7 nitrogen and oxygen atoms in total. The highest BCUT2D eigenvalue weighted by molar-refractivity contribution is 6.33. The Kier molecular flexibility index (Phi) is 4.33. The lowest BCUT2D eigenvalue weighted by molar-refractivity contribution is -0.255. The third kappa shape index (κ3) is 3.14. The molecule has 1 aromatic carbocycles. The first-order valence-corrected chi connectivity index (χ1v) is 7.74. The minimum atomic E-state index is -1.33. The average Bonchev–Trinajstić information content (AvgIpc) is 3.13. The third-order valence-corrected chi connectivity index (χ3v) is 3.99. The number of nitrogens with zero attached hydrogens (tertiary/aromatic N) is 1. The number of nitrogens with one attached hydrogen (secondary N) is 1. The lowest BCUT2D eigenvalue weighted by Gasteiger charge is -2.06. The smallest absolute Gasteiger partial charge is 0.328 e. The van der Waals surface area contributed by atoms with Gasteiger partial charge in [-0.15, -0.1) is 0 Å². The summed E-state index contributed by atoms with van der Waals surface area (Å²) in [5, 5.41) is 13.8. The van der Waals surface area contributed by atoms with Crippen molar-refractivity contribution in [3.05, 3.63) is 52.4 Å². The Morgan fingerprint density at radius 2 is 2.08 bits per heavy atom. The maximum Gasteiger partial charge on any atom is 0.328 e. The van der Waals surface area contributed by atoms with Gasteiger partial charge in [0.05, 0.1) is 11.0 Å². The molecule has 8 heteroatoms. The first-order chi connectivity index (χ1) is 11.9. The highest BCUT2D eigenvalue weighted by Gasteiger charge is 2.32. The quantitative estimate of drug-likeness (QED) is 0.663. The van der Waals surface area contributed by atoms with E-state index in [0.717, 1.165) is 4.90 Å². The van der Waals surface area contributed by atoms with Crippen molar-refractivity contribution >= 4 is 35.6 Å². The molecule has 1 N–H and O–H groups in total. The highest BCUT2D eigenvalue weighted by Crippen LogP contribution is 2.31. The molecule has 1 aromatic heterocycles. The molecular formula is C17H12ClN2O5-. The van der Waals surface area contributed by atoms with Crippen LogP contribution in [0, 0.1) is 0 Å². The van der Waals surface area contributed by atoms with E-state index in [0.29, 0.717) is 22.1 Å². The molecule has 1 aliphatic heterocycles. The van der Waals surface area contributed by atoms with E-state index in [1.54, 1.807) is 19.1 Å². The van der Waals surface area contributed by atoms with E-state index in [-0.39, 0.29) is 17.8 Å². The molecule has 0 unspecified atom stereocenters. The lowest BCUT2D eigenvalue weighted by atomic mass is 10.1. The van der Waals surface area contributed by atoms with Gasteiger partial charge in [0.15, 0.2) is 0 Å². The molecule has 3 rings (SSSR count). The van der Waals surface area contributed by atoms with E-state index in [9.17, 15) is 19.5 Å². The number of amides is 3. The summed E-state index contributed by atoms with van der Waals surface area (Å²) in [6, 6.07) is 6.79. The van der Waals surface area contributed by atoms with Gasteiger partial charge in [0.1, 0.15) is 17.2 Å². The number of carbonyl (C=O) groups is 3. The zero-order valence-electron chi connectivity index (χ0n) is 13.0. The fourth-order valence-electron chi connectivity index (χ4n) is 2.42. The molecule has 0 saturated carbocycles. The molecular weight excluding hydrogens is 348 g/mol. The summed E-state index contributed by atoms with van der Waals surface area (Å²) in [5.74, 6) is -1.14. The lowest BCUT2D eigenvalue weighted by Crippen LogP contribution is -2.30. The van der Waals surface area contributed by atoms with Gasteiger partial charge in [-0.1, -0.05) is 17.7 Å². The Morgan fingerprint density at radius 1 is 1.32 bits per heavy atom. The van der Waals surface area contributed by atoms with Crippen LogP contribution in [-0.4, -0.2) is 29.4 Å². The number of carboxylic acids is 1. The van der Waals surface area contributed by atoms with Crippen molar-refractivity contribution in [3.63, 3.8) is 0 Å². The van der Waals surface area contributed by atoms with E-state index in [1.807, 2.05) is 0 Å². The molecule has 0 spiro atoms. The van der Waals surface area contributed by atoms with Crippen LogP contribution in [0.2, 0.25) is 5.02 Å². The maximum absolute atomic E-state index is 12.0. The maximum atomic E-state index is 12.0. The largest absolute Gasteiger partial charge is 0.545 e. The summed E-state index contributed by atoms with van der Waals surface area (Å²) in [7, 11) is 0. The number of hydrogen-bond donors (Lipinski definition) is 1. The Hall–Kier alpha value is -3.06. The van der Waals surface area contributed by atoms with Crippen molar-refractivity contribution in [2.24, 2.45) is 0 Å². The van der Waals surface area contributed by atoms with Gasteiger partial charge in [0.25, 0.3) is 5.91 Å². The number of hydrogen-bond acceptors (Lipinski definition) is 5. The second-order valence-electron chi connectivity index (χ2n) is 5.22. The van der Waals surface area contributed by atoms with Crippen LogP contribution in [0.15, 0.2) is 40.4 Å². The van der Waals surface area contributed by atoms with Gasteiger partial charge in [-0.05, 0) is 36.8 Å². The fourth-order valence-corrected chi connectivity index (χ4v) is 2.63. The van der Waals surface area contributed by atoms with Gasteiger partial charge in [-0.3, -0.25) is 9.69 Å². The highest BCUT2D eigenvalue weighted by atomic mass is 35.5. The van der Waals surface area contributed by atoms with Crippen LogP contribution in [0.4, 0.5) is 4.79 Å². The second-order valence-corrected chi connectivity index (χ2v) is 5.63. The van der Waals surface area contributed by atoms with E-state index in [4.69, 9.17) is 16.0 Å². The second kappa shape index (κ2) is 6.45. The van der Waals surface area contributed by atoms with E-state index >= 15 is 0 Å². The van der Waals surface area contributed by atoms with Gasteiger partial charge >= 0.3 is 6.03 Å². The Balaban J connectivity index is 1.93. The average molecular weight is 360 g/mol. The number of rotatable bonds is 4. The molecule has 1 saturated heterocycles. The van der Waals surface area contributed by atoms with Crippen molar-refractivity contribution in [2.75, 3.05) is 6.54 Å². The SMILES string of the molecule is CCN1C(=O)NC(=Cc2ccc(-c3cc(C(=O)[O-])ccc3Cl)o2)C1=O. The predicted octanol–water partition coefficient (Wildman–Crippen LogP) is 1.88. The first-order valence-electron chi connectivity index (χ1n) is 7.36. The summed E-state index contributed by atoms with van der Waals surface area (Å²) in [5.41, 5.74) is 0.444. The summed E-state index contributed by atoms with van der Waals surface area (Å²) in [4.78, 5) is 35.7. The molecule has 1 aliphatic rings. The Morgan fingerprint density at radius 3 is 2.72 bits per heavy atom. The van der Waals surface area contributed by atoms with E-state index in [2.05, 4.69) is 5.32 Å². The monoisotopic (exact) mass is 359 g/mol.